The molecule has 140 valence electrons. The first-order chi connectivity index (χ1) is 13.1. The highest BCUT2D eigenvalue weighted by Crippen LogP contribution is 2.39. The molecule has 0 aliphatic rings. The SMILES string of the molecule is CCc1ccc(Nc2nnc(S[C@@H](C(=O)N(C)C)c3ccccc3)s2)cc1. The van der Waals surface area contributed by atoms with Crippen LogP contribution < -0.4 is 5.32 Å². The number of nitrogens with one attached hydrogen (secondary N) is 1. The number of rotatable bonds is 7. The molecular weight excluding hydrogens is 376 g/mol. The van der Waals surface area contributed by atoms with Crippen LogP contribution in [0, 0.1) is 0 Å². The summed E-state index contributed by atoms with van der Waals surface area (Å²) in [4.78, 5) is 14.3. The molecule has 1 aromatic heterocycles. The largest absolute Gasteiger partial charge is 0.348 e. The summed E-state index contributed by atoms with van der Waals surface area (Å²) in [7, 11) is 3.54. The van der Waals surface area contributed by atoms with Crippen LogP contribution in [0.2, 0.25) is 0 Å². The van der Waals surface area contributed by atoms with Crippen molar-refractivity contribution in [2.75, 3.05) is 19.4 Å². The van der Waals surface area contributed by atoms with Crippen LogP contribution in [0.25, 0.3) is 0 Å². The number of carbonyl (C=O) groups excluding carboxylic acids is 1. The van der Waals surface area contributed by atoms with E-state index in [2.05, 4.69) is 34.6 Å². The van der Waals surface area contributed by atoms with E-state index in [-0.39, 0.29) is 11.2 Å². The molecule has 0 radical (unpaired) electrons. The predicted octanol–water partition coefficient (Wildman–Crippen LogP) is 4.77. The number of benzene rings is 2. The van der Waals surface area contributed by atoms with Crippen molar-refractivity contribution in [3.05, 3.63) is 65.7 Å². The van der Waals surface area contributed by atoms with Gasteiger partial charge in [-0.05, 0) is 29.7 Å². The molecule has 1 N–H and O–H groups in total. The number of nitrogens with zero attached hydrogens (tertiary/aromatic N) is 3. The van der Waals surface area contributed by atoms with Crippen molar-refractivity contribution in [3.63, 3.8) is 0 Å². The third kappa shape index (κ3) is 5.08. The van der Waals surface area contributed by atoms with Crippen LogP contribution in [-0.2, 0) is 11.2 Å². The number of amides is 1. The molecule has 0 fully saturated rings. The Morgan fingerprint density at radius 1 is 1.11 bits per heavy atom. The molecule has 5 nitrogen and oxygen atoms in total. The number of hydrogen-bond acceptors (Lipinski definition) is 6. The molecule has 2 aromatic carbocycles. The topological polar surface area (TPSA) is 58.1 Å². The maximum atomic E-state index is 12.7. The third-order valence-electron chi connectivity index (χ3n) is 4.01. The van der Waals surface area contributed by atoms with E-state index in [1.807, 2.05) is 42.5 Å². The van der Waals surface area contributed by atoms with Gasteiger partial charge in [0.15, 0.2) is 4.34 Å². The maximum Gasteiger partial charge on any atom is 0.240 e. The minimum atomic E-state index is -0.342. The van der Waals surface area contributed by atoms with Gasteiger partial charge < -0.3 is 10.2 Å². The molecule has 3 rings (SSSR count). The van der Waals surface area contributed by atoms with Gasteiger partial charge in [0.05, 0.1) is 0 Å². The third-order valence-corrected chi connectivity index (χ3v) is 6.17. The van der Waals surface area contributed by atoms with Crippen LogP contribution in [0.15, 0.2) is 58.9 Å². The van der Waals surface area contributed by atoms with Gasteiger partial charge in [0, 0.05) is 19.8 Å². The zero-order valence-corrected chi connectivity index (χ0v) is 17.2. The van der Waals surface area contributed by atoms with E-state index in [1.165, 1.54) is 28.7 Å². The van der Waals surface area contributed by atoms with Gasteiger partial charge in [0.25, 0.3) is 0 Å². The number of thioether (sulfide) groups is 1. The van der Waals surface area contributed by atoms with Gasteiger partial charge in [-0.15, -0.1) is 10.2 Å². The summed E-state index contributed by atoms with van der Waals surface area (Å²) < 4.78 is 0.756. The van der Waals surface area contributed by atoms with E-state index in [1.54, 1.807) is 19.0 Å². The molecule has 0 aliphatic heterocycles. The second kappa shape index (κ2) is 9.01. The number of anilines is 2. The first-order valence-electron chi connectivity index (χ1n) is 8.69. The quantitative estimate of drug-likeness (QED) is 0.581. The molecule has 1 heterocycles. The first kappa shape index (κ1) is 19.4. The van der Waals surface area contributed by atoms with Crippen LogP contribution >= 0.6 is 23.1 Å². The molecule has 1 amide bonds. The van der Waals surface area contributed by atoms with Gasteiger partial charge in [-0.1, -0.05) is 72.5 Å². The van der Waals surface area contributed by atoms with Gasteiger partial charge in [-0.25, -0.2) is 0 Å². The Labute approximate surface area is 167 Å². The van der Waals surface area contributed by atoms with Crippen molar-refractivity contribution in [2.45, 2.75) is 22.9 Å². The normalized spacial score (nSPS) is 11.8. The lowest BCUT2D eigenvalue weighted by Crippen LogP contribution is -2.26. The molecule has 1 atom stereocenters. The summed E-state index contributed by atoms with van der Waals surface area (Å²) in [5.74, 6) is 0.0334. The smallest absolute Gasteiger partial charge is 0.240 e. The Bertz CT molecular complexity index is 879. The molecular formula is C20H22N4OS2. The summed E-state index contributed by atoms with van der Waals surface area (Å²) in [5.41, 5.74) is 3.23. The number of aromatic nitrogens is 2. The highest BCUT2D eigenvalue weighted by molar-refractivity contribution is 8.01. The van der Waals surface area contributed by atoms with Crippen molar-refractivity contribution in [1.29, 1.82) is 0 Å². The lowest BCUT2D eigenvalue weighted by Gasteiger charge is -2.19. The lowest BCUT2D eigenvalue weighted by atomic mass is 10.1. The fourth-order valence-electron chi connectivity index (χ4n) is 2.48. The summed E-state index contributed by atoms with van der Waals surface area (Å²) in [6.07, 6.45) is 1.01. The summed E-state index contributed by atoms with van der Waals surface area (Å²) in [6.45, 7) is 2.13. The highest BCUT2D eigenvalue weighted by Gasteiger charge is 2.25. The minimum Gasteiger partial charge on any atom is -0.348 e. The molecule has 27 heavy (non-hydrogen) atoms. The number of aryl methyl sites for hydroxylation is 1. The van der Waals surface area contributed by atoms with E-state index in [0.29, 0.717) is 5.13 Å². The van der Waals surface area contributed by atoms with Crippen molar-refractivity contribution < 1.29 is 4.79 Å². The van der Waals surface area contributed by atoms with Crippen LogP contribution in [0.1, 0.15) is 23.3 Å². The molecule has 7 heteroatoms. The Morgan fingerprint density at radius 3 is 2.44 bits per heavy atom. The van der Waals surface area contributed by atoms with Crippen molar-refractivity contribution >= 4 is 39.8 Å². The van der Waals surface area contributed by atoms with E-state index in [9.17, 15) is 4.79 Å². The molecule has 0 unspecified atom stereocenters. The van der Waals surface area contributed by atoms with Crippen LogP contribution in [0.4, 0.5) is 10.8 Å². The molecule has 0 spiro atoms. The standard InChI is InChI=1S/C20H22N4OS2/c1-4-14-10-12-16(13-11-14)21-19-22-23-20(27-19)26-17(18(25)24(2)3)15-8-6-5-7-9-15/h5-13,17H,4H2,1-3H3,(H,21,22)/t17-/m1/s1. The van der Waals surface area contributed by atoms with E-state index < -0.39 is 0 Å². The molecule has 0 aliphatic carbocycles. The van der Waals surface area contributed by atoms with Gasteiger partial charge in [0.1, 0.15) is 5.25 Å². The average molecular weight is 399 g/mol. The summed E-state index contributed by atoms with van der Waals surface area (Å²) in [5, 5.41) is 12.1. The van der Waals surface area contributed by atoms with E-state index in [4.69, 9.17) is 0 Å². The molecule has 3 aromatic rings. The second-order valence-corrected chi connectivity index (χ2v) is 8.52. The van der Waals surface area contributed by atoms with Gasteiger partial charge in [-0.3, -0.25) is 4.79 Å². The Balaban J connectivity index is 1.74. The van der Waals surface area contributed by atoms with Gasteiger partial charge in [0.2, 0.25) is 11.0 Å². The average Bonchev–Trinajstić information content (AvgIpc) is 3.13. The predicted molar refractivity (Wildman–Crippen MR) is 113 cm³/mol. The molecule has 0 saturated carbocycles. The Hall–Kier alpha value is -2.38. The van der Waals surface area contributed by atoms with Crippen molar-refractivity contribution in [2.24, 2.45) is 0 Å². The van der Waals surface area contributed by atoms with E-state index in [0.717, 1.165) is 22.0 Å². The van der Waals surface area contributed by atoms with Crippen molar-refractivity contribution in [1.82, 2.24) is 15.1 Å². The fraction of sp³-hybridized carbons (Fsp3) is 0.250. The molecule has 0 bridgehead atoms. The van der Waals surface area contributed by atoms with Crippen LogP contribution in [0.3, 0.4) is 0 Å². The van der Waals surface area contributed by atoms with E-state index >= 15 is 0 Å². The van der Waals surface area contributed by atoms with Gasteiger partial charge >= 0.3 is 0 Å². The van der Waals surface area contributed by atoms with Crippen LogP contribution in [-0.4, -0.2) is 35.1 Å². The van der Waals surface area contributed by atoms with Crippen molar-refractivity contribution in [3.8, 4) is 0 Å². The van der Waals surface area contributed by atoms with Crippen LogP contribution in [0.5, 0.6) is 0 Å². The lowest BCUT2D eigenvalue weighted by molar-refractivity contribution is -0.128. The summed E-state index contributed by atoms with van der Waals surface area (Å²) >= 11 is 2.88. The maximum absolute atomic E-state index is 12.7. The summed E-state index contributed by atoms with van der Waals surface area (Å²) in [6, 6.07) is 18.0. The fourth-order valence-corrected chi connectivity index (χ4v) is 4.59. The Morgan fingerprint density at radius 2 is 1.81 bits per heavy atom. The Kier molecular flexibility index (Phi) is 6.47. The monoisotopic (exact) mass is 398 g/mol. The van der Waals surface area contributed by atoms with Gasteiger partial charge in [-0.2, -0.15) is 0 Å². The first-order valence-corrected chi connectivity index (χ1v) is 10.4. The zero-order chi connectivity index (χ0) is 19.2. The number of carbonyl (C=O) groups is 1. The second-order valence-electron chi connectivity index (χ2n) is 6.19. The zero-order valence-electron chi connectivity index (χ0n) is 15.5. The molecule has 0 saturated heterocycles. The number of likely N-dealkylation sites (N-methyl/N-ethyl adjacent to an activating group) is 1. The number of hydrogen-bond donors (Lipinski definition) is 1. The minimum absolute atomic E-state index is 0.0334. The highest BCUT2D eigenvalue weighted by atomic mass is 32.2.